The van der Waals surface area contributed by atoms with Crippen LogP contribution in [0.25, 0.3) is 0 Å². The number of rotatable bonds is 5. The lowest BCUT2D eigenvalue weighted by atomic mass is 10.3. The molecule has 1 aromatic heterocycles. The van der Waals surface area contributed by atoms with Crippen molar-refractivity contribution >= 4 is 21.9 Å². The molecule has 1 fully saturated rings. The molecule has 1 aliphatic rings. The molecule has 0 atom stereocenters. The number of ether oxygens (including phenoxy) is 2. The van der Waals surface area contributed by atoms with Crippen molar-refractivity contribution in [3.8, 4) is 12.0 Å². The Morgan fingerprint density at radius 1 is 1.00 bits per heavy atom. The summed E-state index contributed by atoms with van der Waals surface area (Å²) in [5.41, 5.74) is 0. The zero-order valence-electron chi connectivity index (χ0n) is 11.2. The summed E-state index contributed by atoms with van der Waals surface area (Å²) in [6.45, 7) is 4.86. The van der Waals surface area contributed by atoms with E-state index in [-0.39, 0.29) is 12.0 Å². The van der Waals surface area contributed by atoms with E-state index in [9.17, 15) is 0 Å². The first-order chi connectivity index (χ1) is 9.26. The highest BCUT2D eigenvalue weighted by Gasteiger charge is 2.20. The molecule has 0 saturated carbocycles. The summed E-state index contributed by atoms with van der Waals surface area (Å²) in [4.78, 5) is 17.1. The number of methoxy groups -OCH3 is 2. The van der Waals surface area contributed by atoms with E-state index in [2.05, 4.69) is 40.7 Å². The van der Waals surface area contributed by atoms with Crippen LogP contribution in [0.5, 0.6) is 12.0 Å². The van der Waals surface area contributed by atoms with Gasteiger partial charge < -0.3 is 14.4 Å². The van der Waals surface area contributed by atoms with Crippen LogP contribution in [-0.2, 0) is 0 Å². The number of anilines is 1. The quantitative estimate of drug-likeness (QED) is 0.724. The van der Waals surface area contributed by atoms with Crippen molar-refractivity contribution in [3.05, 3.63) is 0 Å². The molecule has 2 heterocycles. The van der Waals surface area contributed by atoms with Crippen LogP contribution in [0, 0.1) is 0 Å². The maximum Gasteiger partial charge on any atom is 0.324 e. The standard InChI is InChI=1S/C11H18BrN5O2/c1-18-10-13-9(14-11(15-10)19-2)17-7-5-16(4-3-12)6-8-17/h3-8H2,1-2H3. The Balaban J connectivity index is 2.06. The van der Waals surface area contributed by atoms with E-state index in [1.807, 2.05) is 0 Å². The summed E-state index contributed by atoms with van der Waals surface area (Å²) in [7, 11) is 3.07. The Bertz CT molecular complexity index is 390. The molecule has 0 aliphatic carbocycles. The predicted octanol–water partition coefficient (Wildman–Crippen LogP) is 0.406. The second kappa shape index (κ2) is 6.85. The number of halogens is 1. The molecule has 106 valence electrons. The van der Waals surface area contributed by atoms with Crippen molar-refractivity contribution < 1.29 is 9.47 Å². The van der Waals surface area contributed by atoms with Crippen LogP contribution in [-0.4, -0.2) is 72.1 Å². The van der Waals surface area contributed by atoms with Gasteiger partial charge in [0.1, 0.15) is 0 Å². The van der Waals surface area contributed by atoms with Gasteiger partial charge in [-0.2, -0.15) is 9.97 Å². The average Bonchev–Trinajstić information content (AvgIpc) is 2.47. The van der Waals surface area contributed by atoms with Gasteiger partial charge in [-0.15, -0.1) is 4.98 Å². The molecule has 0 radical (unpaired) electrons. The Kier molecular flexibility index (Phi) is 5.15. The normalized spacial score (nSPS) is 16.5. The number of hydrogen-bond acceptors (Lipinski definition) is 7. The molecular formula is C11H18BrN5O2. The summed E-state index contributed by atoms with van der Waals surface area (Å²) in [5, 5.41) is 1.00. The third kappa shape index (κ3) is 3.66. The molecule has 7 nitrogen and oxygen atoms in total. The molecule has 2 rings (SSSR count). The van der Waals surface area contributed by atoms with Crippen molar-refractivity contribution in [1.29, 1.82) is 0 Å². The largest absolute Gasteiger partial charge is 0.467 e. The lowest BCUT2D eigenvalue weighted by molar-refractivity contribution is 0.271. The van der Waals surface area contributed by atoms with Gasteiger partial charge in [-0.3, -0.25) is 4.90 Å². The van der Waals surface area contributed by atoms with Crippen LogP contribution in [0.4, 0.5) is 5.95 Å². The van der Waals surface area contributed by atoms with E-state index < -0.39 is 0 Å². The first kappa shape index (κ1) is 14.3. The van der Waals surface area contributed by atoms with Crippen LogP contribution in [0.1, 0.15) is 0 Å². The minimum atomic E-state index is 0.282. The summed E-state index contributed by atoms with van der Waals surface area (Å²) in [6, 6.07) is 0.564. The SMILES string of the molecule is COc1nc(OC)nc(N2CCN(CCBr)CC2)n1. The van der Waals surface area contributed by atoms with Crippen LogP contribution >= 0.6 is 15.9 Å². The Hall–Kier alpha value is -1.15. The van der Waals surface area contributed by atoms with E-state index in [0.717, 1.165) is 38.1 Å². The molecule has 0 unspecified atom stereocenters. The number of alkyl halides is 1. The third-order valence-electron chi connectivity index (χ3n) is 3.00. The molecular weight excluding hydrogens is 314 g/mol. The van der Waals surface area contributed by atoms with Gasteiger partial charge in [-0.1, -0.05) is 15.9 Å². The zero-order valence-corrected chi connectivity index (χ0v) is 12.8. The van der Waals surface area contributed by atoms with Crippen molar-refractivity contribution in [1.82, 2.24) is 19.9 Å². The molecule has 0 bridgehead atoms. The van der Waals surface area contributed by atoms with E-state index in [1.54, 1.807) is 0 Å². The molecule has 0 N–H and O–H groups in total. The highest BCUT2D eigenvalue weighted by molar-refractivity contribution is 9.09. The Morgan fingerprint density at radius 3 is 2.05 bits per heavy atom. The van der Waals surface area contributed by atoms with Gasteiger partial charge >= 0.3 is 12.0 Å². The smallest absolute Gasteiger partial charge is 0.324 e. The molecule has 1 aromatic rings. The Morgan fingerprint density at radius 2 is 1.58 bits per heavy atom. The van der Waals surface area contributed by atoms with E-state index in [1.165, 1.54) is 14.2 Å². The fourth-order valence-electron chi connectivity index (χ4n) is 1.94. The van der Waals surface area contributed by atoms with Gasteiger partial charge in [0.05, 0.1) is 14.2 Å². The second-order valence-corrected chi connectivity index (χ2v) is 4.92. The molecule has 19 heavy (non-hydrogen) atoms. The van der Waals surface area contributed by atoms with Gasteiger partial charge in [-0.25, -0.2) is 0 Å². The summed E-state index contributed by atoms with van der Waals surface area (Å²) >= 11 is 3.46. The van der Waals surface area contributed by atoms with E-state index in [0.29, 0.717) is 5.95 Å². The average molecular weight is 332 g/mol. The van der Waals surface area contributed by atoms with Gasteiger partial charge in [0.15, 0.2) is 0 Å². The van der Waals surface area contributed by atoms with Gasteiger partial charge in [0.25, 0.3) is 0 Å². The van der Waals surface area contributed by atoms with Gasteiger partial charge in [-0.05, 0) is 0 Å². The number of nitrogens with zero attached hydrogens (tertiary/aromatic N) is 5. The fraction of sp³-hybridized carbons (Fsp3) is 0.727. The van der Waals surface area contributed by atoms with E-state index in [4.69, 9.17) is 9.47 Å². The lowest BCUT2D eigenvalue weighted by Crippen LogP contribution is -2.47. The van der Waals surface area contributed by atoms with Crippen LogP contribution < -0.4 is 14.4 Å². The maximum atomic E-state index is 5.06. The predicted molar refractivity (Wildman–Crippen MR) is 75.4 cm³/mol. The fourth-order valence-corrected chi connectivity index (χ4v) is 2.44. The summed E-state index contributed by atoms with van der Waals surface area (Å²) < 4.78 is 10.1. The molecule has 0 aromatic carbocycles. The van der Waals surface area contributed by atoms with Crippen molar-refractivity contribution in [2.75, 3.05) is 57.2 Å². The first-order valence-electron chi connectivity index (χ1n) is 6.14. The second-order valence-electron chi connectivity index (χ2n) is 4.13. The number of hydrogen-bond donors (Lipinski definition) is 0. The van der Waals surface area contributed by atoms with E-state index >= 15 is 0 Å². The van der Waals surface area contributed by atoms with Crippen molar-refractivity contribution in [3.63, 3.8) is 0 Å². The molecule has 8 heteroatoms. The van der Waals surface area contributed by atoms with Crippen LogP contribution in [0.15, 0.2) is 0 Å². The molecule has 1 aliphatic heterocycles. The van der Waals surface area contributed by atoms with Crippen LogP contribution in [0.2, 0.25) is 0 Å². The third-order valence-corrected chi connectivity index (χ3v) is 3.36. The molecule has 0 amide bonds. The number of aromatic nitrogens is 3. The minimum Gasteiger partial charge on any atom is -0.467 e. The highest BCUT2D eigenvalue weighted by Crippen LogP contribution is 2.17. The van der Waals surface area contributed by atoms with Crippen LogP contribution in [0.3, 0.4) is 0 Å². The van der Waals surface area contributed by atoms with Crippen molar-refractivity contribution in [2.45, 2.75) is 0 Å². The minimum absolute atomic E-state index is 0.282. The number of piperazine rings is 1. The topological polar surface area (TPSA) is 63.6 Å². The monoisotopic (exact) mass is 331 g/mol. The highest BCUT2D eigenvalue weighted by atomic mass is 79.9. The Labute approximate surface area is 121 Å². The maximum absolute atomic E-state index is 5.06. The van der Waals surface area contributed by atoms with Gasteiger partial charge in [0, 0.05) is 38.1 Å². The zero-order chi connectivity index (χ0) is 13.7. The van der Waals surface area contributed by atoms with Gasteiger partial charge in [0.2, 0.25) is 5.95 Å². The summed E-state index contributed by atoms with van der Waals surface area (Å²) in [5.74, 6) is 0.613. The lowest BCUT2D eigenvalue weighted by Gasteiger charge is -2.34. The summed E-state index contributed by atoms with van der Waals surface area (Å²) in [6.07, 6.45) is 0. The molecule has 1 saturated heterocycles. The molecule has 0 spiro atoms. The first-order valence-corrected chi connectivity index (χ1v) is 7.26. The van der Waals surface area contributed by atoms with Crippen molar-refractivity contribution in [2.24, 2.45) is 0 Å².